The van der Waals surface area contributed by atoms with Crippen molar-refractivity contribution in [3.63, 3.8) is 0 Å². The summed E-state index contributed by atoms with van der Waals surface area (Å²) in [4.78, 5) is 1.35. The summed E-state index contributed by atoms with van der Waals surface area (Å²) in [5.74, 6) is 0. The lowest BCUT2D eigenvalue weighted by molar-refractivity contribution is 0.466. The van der Waals surface area contributed by atoms with Crippen LogP contribution in [0.5, 0.6) is 0 Å². The SMILES string of the molecule is CSNF. The van der Waals surface area contributed by atoms with Crippen molar-refractivity contribution in [3.8, 4) is 0 Å². The van der Waals surface area contributed by atoms with Crippen molar-refractivity contribution < 1.29 is 4.48 Å². The Morgan fingerprint density at radius 2 is 2.25 bits per heavy atom. The lowest BCUT2D eigenvalue weighted by Crippen LogP contribution is -1.74. The van der Waals surface area contributed by atoms with Gasteiger partial charge in [0.15, 0.2) is 0 Å². The van der Waals surface area contributed by atoms with Crippen LogP contribution < -0.4 is 4.94 Å². The van der Waals surface area contributed by atoms with Crippen LogP contribution in [0.2, 0.25) is 0 Å². The van der Waals surface area contributed by atoms with Crippen LogP contribution in [0.3, 0.4) is 0 Å². The fourth-order valence-corrected chi connectivity index (χ4v) is 0. The van der Waals surface area contributed by atoms with Gasteiger partial charge in [0, 0.05) is 0 Å². The Hall–Kier alpha value is 0.240. The van der Waals surface area contributed by atoms with Gasteiger partial charge in [0.05, 0.1) is 0 Å². The zero-order valence-electron chi connectivity index (χ0n) is 2.29. The van der Waals surface area contributed by atoms with Gasteiger partial charge in [0.25, 0.3) is 0 Å². The van der Waals surface area contributed by atoms with Crippen LogP contribution in [0, 0.1) is 0 Å². The smallest absolute Gasteiger partial charge is 0.00132 e. The minimum atomic E-state index is 0.940. The Labute approximate surface area is 28.6 Å². The fraction of sp³-hybridized carbons (Fsp3) is 1.00. The highest BCUT2D eigenvalue weighted by Gasteiger charge is 1.55. The van der Waals surface area contributed by atoms with Crippen molar-refractivity contribution >= 4 is 11.9 Å². The Balaban J connectivity index is 1.97. The normalized spacial score (nSPS) is 7.50. The van der Waals surface area contributed by atoms with Gasteiger partial charge in [-0.25, -0.2) is 0 Å². The molecule has 0 aromatic carbocycles. The highest BCUT2D eigenvalue weighted by atomic mass is 32.2. The number of halogens is 1. The van der Waals surface area contributed by atoms with Crippen LogP contribution in [-0.4, -0.2) is 6.26 Å². The van der Waals surface area contributed by atoms with E-state index < -0.39 is 0 Å². The van der Waals surface area contributed by atoms with Crippen LogP contribution >= 0.6 is 11.9 Å². The molecule has 0 aromatic rings. The lowest BCUT2D eigenvalue weighted by atomic mass is 12.0. The van der Waals surface area contributed by atoms with E-state index in [0.29, 0.717) is 0 Å². The molecule has 0 amide bonds. The van der Waals surface area contributed by atoms with Crippen molar-refractivity contribution in [2.45, 2.75) is 0 Å². The Morgan fingerprint density at radius 1 is 2.00 bits per heavy atom. The second-order valence-electron chi connectivity index (χ2n) is 0.281. The molecular weight excluding hydrogens is 77.1 g/mol. The minimum absolute atomic E-state index is 0.940. The predicted molar refractivity (Wildman–Crippen MR) is 17.8 cm³/mol. The molecule has 0 bridgehead atoms. The summed E-state index contributed by atoms with van der Waals surface area (Å²) >= 11 is 0.940. The highest BCUT2D eigenvalue weighted by Crippen LogP contribution is 1.75. The maximum atomic E-state index is 10.4. The lowest BCUT2D eigenvalue weighted by Gasteiger charge is -1.69. The summed E-state index contributed by atoms with van der Waals surface area (Å²) in [5, 5.41) is 0. The fourth-order valence-electron chi connectivity index (χ4n) is 0. The Morgan fingerprint density at radius 3 is 2.25 bits per heavy atom. The first-order valence-corrected chi connectivity index (χ1v) is 2.03. The molecule has 0 spiro atoms. The molecular formula is CH4FNS. The summed E-state index contributed by atoms with van der Waals surface area (Å²) in [6, 6.07) is 0. The third kappa shape index (κ3) is 2.24. The van der Waals surface area contributed by atoms with Crippen LogP contribution in [0.4, 0.5) is 4.48 Å². The van der Waals surface area contributed by atoms with Crippen molar-refractivity contribution in [2.75, 3.05) is 6.26 Å². The number of nitrogens with one attached hydrogen (secondary N) is 1. The monoisotopic (exact) mass is 81.0 g/mol. The molecule has 0 radical (unpaired) electrons. The zero-order valence-corrected chi connectivity index (χ0v) is 3.10. The molecule has 26 valence electrons. The van der Waals surface area contributed by atoms with Gasteiger partial charge >= 0.3 is 0 Å². The van der Waals surface area contributed by atoms with Crippen LogP contribution in [-0.2, 0) is 0 Å². The summed E-state index contributed by atoms with van der Waals surface area (Å²) in [7, 11) is 0. The molecule has 3 heteroatoms. The first kappa shape index (κ1) is 4.24. The first-order valence-electron chi connectivity index (χ1n) is 0.801. The quantitative estimate of drug-likeness (QED) is 0.369. The van der Waals surface area contributed by atoms with E-state index in [0.717, 1.165) is 11.9 Å². The molecule has 1 nitrogen and oxygen atoms in total. The summed E-state index contributed by atoms with van der Waals surface area (Å²) in [6.45, 7) is 0. The van der Waals surface area contributed by atoms with Crippen molar-refractivity contribution in [2.24, 2.45) is 0 Å². The number of rotatable bonds is 1. The average molecular weight is 81.1 g/mol. The van der Waals surface area contributed by atoms with Gasteiger partial charge in [0.2, 0.25) is 0 Å². The van der Waals surface area contributed by atoms with Gasteiger partial charge in [-0.05, 0) is 6.26 Å². The van der Waals surface area contributed by atoms with E-state index in [1.807, 2.05) is 0 Å². The maximum absolute atomic E-state index is 10.4. The second kappa shape index (κ2) is 3.24. The molecule has 0 unspecified atom stereocenters. The Bertz CT molecular complexity index is 10.0. The minimum Gasteiger partial charge on any atom is -0.126 e. The molecule has 0 atom stereocenters. The predicted octanol–water partition coefficient (Wildman–Crippen LogP) is 0.738. The third-order valence-electron chi connectivity index (χ3n) is 0.0772. The largest absolute Gasteiger partial charge is 0.126 e. The van der Waals surface area contributed by atoms with Gasteiger partial charge in [-0.2, -0.15) is 0 Å². The van der Waals surface area contributed by atoms with Gasteiger partial charge < -0.3 is 0 Å². The molecule has 0 aliphatic rings. The van der Waals surface area contributed by atoms with E-state index in [4.69, 9.17) is 0 Å². The molecule has 0 heterocycles. The van der Waals surface area contributed by atoms with E-state index in [2.05, 4.69) is 0 Å². The average Bonchev–Trinajstić information content (AvgIpc) is 1.37. The number of hydrogen-bond acceptors (Lipinski definition) is 2. The van der Waals surface area contributed by atoms with Crippen molar-refractivity contribution in [1.82, 2.24) is 4.94 Å². The standard InChI is InChI=1S/CH4FNS/c1-4-3-2/h3H,1H3. The van der Waals surface area contributed by atoms with E-state index in [-0.39, 0.29) is 0 Å². The topological polar surface area (TPSA) is 12.0 Å². The van der Waals surface area contributed by atoms with Crippen molar-refractivity contribution in [1.29, 1.82) is 0 Å². The molecule has 4 heavy (non-hydrogen) atoms. The van der Waals surface area contributed by atoms with E-state index in [1.165, 1.54) is 4.94 Å². The van der Waals surface area contributed by atoms with Gasteiger partial charge in [-0.15, -0.1) is 9.43 Å². The second-order valence-corrected chi connectivity index (χ2v) is 0.844. The molecule has 0 fully saturated rings. The molecule has 0 saturated carbocycles. The maximum Gasteiger partial charge on any atom is -0.00132 e. The van der Waals surface area contributed by atoms with Gasteiger partial charge in [0.1, 0.15) is 0 Å². The first-order chi connectivity index (χ1) is 1.91. The summed E-state index contributed by atoms with van der Waals surface area (Å²) in [5.41, 5.74) is 0. The molecule has 0 rings (SSSR count). The van der Waals surface area contributed by atoms with Crippen LogP contribution in [0.15, 0.2) is 0 Å². The summed E-state index contributed by atoms with van der Waals surface area (Å²) in [6.07, 6.45) is 1.61. The Kier molecular flexibility index (Phi) is 3.43. The molecule has 0 aliphatic carbocycles. The third-order valence-corrected chi connectivity index (χ3v) is 0.231. The number of hydrogen-bond donors (Lipinski definition) is 1. The molecule has 1 N–H and O–H groups in total. The zero-order chi connectivity index (χ0) is 3.41. The summed E-state index contributed by atoms with van der Waals surface area (Å²) < 4.78 is 10.4. The van der Waals surface area contributed by atoms with E-state index >= 15 is 0 Å². The highest BCUT2D eigenvalue weighted by molar-refractivity contribution is 7.96. The van der Waals surface area contributed by atoms with Gasteiger partial charge in [-0.1, -0.05) is 11.9 Å². The van der Waals surface area contributed by atoms with Crippen LogP contribution in [0.25, 0.3) is 0 Å². The van der Waals surface area contributed by atoms with Crippen molar-refractivity contribution in [3.05, 3.63) is 0 Å². The molecule has 0 saturated heterocycles. The van der Waals surface area contributed by atoms with E-state index in [1.54, 1.807) is 6.26 Å². The van der Waals surface area contributed by atoms with Crippen LogP contribution in [0.1, 0.15) is 0 Å². The molecule has 0 aliphatic heterocycles. The van der Waals surface area contributed by atoms with Gasteiger partial charge in [-0.3, -0.25) is 0 Å². The van der Waals surface area contributed by atoms with E-state index in [9.17, 15) is 4.48 Å². The molecule has 0 aromatic heterocycles.